The van der Waals surface area contributed by atoms with Crippen LogP contribution < -0.4 is 0 Å². The van der Waals surface area contributed by atoms with Gasteiger partial charge in [0.1, 0.15) is 18.2 Å². The van der Waals surface area contributed by atoms with E-state index in [4.69, 9.17) is 15.1 Å². The third kappa shape index (κ3) is 7.25. The van der Waals surface area contributed by atoms with Crippen LogP contribution in [0.4, 0.5) is 0 Å². The van der Waals surface area contributed by atoms with E-state index in [0.717, 1.165) is 31.8 Å². The molecule has 0 aliphatic heterocycles. The summed E-state index contributed by atoms with van der Waals surface area (Å²) in [6.45, 7) is 1.59. The Hall–Kier alpha value is -1.67. The van der Waals surface area contributed by atoms with Crippen molar-refractivity contribution in [1.82, 2.24) is 0 Å². The van der Waals surface area contributed by atoms with Crippen LogP contribution >= 0.6 is 0 Å². The van der Waals surface area contributed by atoms with Gasteiger partial charge in [-0.05, 0) is 6.42 Å². The molecular weight excluding hydrogens is 222 g/mol. The lowest BCUT2D eigenvalue weighted by molar-refractivity contribution is -0.138. The second-order valence-corrected chi connectivity index (χ2v) is 3.49. The SMILES string of the molecule is CCCCCCOC(=O)C(C#N)=CC(=O)CO. The van der Waals surface area contributed by atoms with Gasteiger partial charge in [0.2, 0.25) is 0 Å². The van der Waals surface area contributed by atoms with Gasteiger partial charge in [0.25, 0.3) is 0 Å². The van der Waals surface area contributed by atoms with E-state index in [0.29, 0.717) is 0 Å². The molecule has 0 aromatic rings. The van der Waals surface area contributed by atoms with Gasteiger partial charge in [-0.3, -0.25) is 4.79 Å². The van der Waals surface area contributed by atoms with Crippen molar-refractivity contribution >= 4 is 11.8 Å². The molecule has 0 aromatic heterocycles. The summed E-state index contributed by atoms with van der Waals surface area (Å²) in [5.41, 5.74) is -0.375. The first-order valence-electron chi connectivity index (χ1n) is 5.58. The van der Waals surface area contributed by atoms with Gasteiger partial charge in [0, 0.05) is 6.08 Å². The fourth-order valence-corrected chi connectivity index (χ4v) is 1.11. The summed E-state index contributed by atoms with van der Waals surface area (Å²) in [5.74, 6) is -1.50. The molecule has 17 heavy (non-hydrogen) atoms. The summed E-state index contributed by atoms with van der Waals surface area (Å²) in [6.07, 6.45) is 4.66. The van der Waals surface area contributed by atoms with Crippen LogP contribution in [-0.4, -0.2) is 30.1 Å². The van der Waals surface area contributed by atoms with E-state index in [-0.39, 0.29) is 12.2 Å². The van der Waals surface area contributed by atoms with Crippen molar-refractivity contribution in [3.8, 4) is 6.07 Å². The number of unbranched alkanes of at least 4 members (excludes halogenated alkanes) is 3. The van der Waals surface area contributed by atoms with Crippen LogP contribution in [0.2, 0.25) is 0 Å². The lowest BCUT2D eigenvalue weighted by atomic mass is 10.2. The minimum Gasteiger partial charge on any atom is -0.462 e. The fraction of sp³-hybridized carbons (Fsp3) is 0.583. The van der Waals surface area contributed by atoms with Gasteiger partial charge in [0.05, 0.1) is 6.61 Å². The normalized spacial score (nSPS) is 10.8. The Morgan fingerprint density at radius 2 is 2.06 bits per heavy atom. The number of hydrogen-bond acceptors (Lipinski definition) is 5. The quantitative estimate of drug-likeness (QED) is 0.297. The average Bonchev–Trinajstić information content (AvgIpc) is 2.34. The molecule has 0 fully saturated rings. The number of rotatable bonds is 8. The summed E-state index contributed by atoms with van der Waals surface area (Å²) in [4.78, 5) is 22.1. The van der Waals surface area contributed by atoms with E-state index in [1.54, 1.807) is 6.07 Å². The molecule has 0 aromatic carbocycles. The highest BCUT2D eigenvalue weighted by atomic mass is 16.5. The number of hydrogen-bond donors (Lipinski definition) is 1. The zero-order chi connectivity index (χ0) is 13.1. The predicted molar refractivity (Wildman–Crippen MR) is 60.9 cm³/mol. The predicted octanol–water partition coefficient (Wildman–Crippen LogP) is 1.12. The number of carbonyl (C=O) groups excluding carboxylic acids is 2. The van der Waals surface area contributed by atoms with Crippen LogP contribution in [0.15, 0.2) is 11.6 Å². The topological polar surface area (TPSA) is 87.4 Å². The molecule has 0 aliphatic rings. The number of ketones is 1. The Labute approximate surface area is 101 Å². The maximum absolute atomic E-state index is 11.3. The summed E-state index contributed by atoms with van der Waals surface area (Å²) in [7, 11) is 0. The van der Waals surface area contributed by atoms with Crippen LogP contribution in [0.25, 0.3) is 0 Å². The number of aliphatic hydroxyl groups excluding tert-OH is 1. The third-order valence-electron chi connectivity index (χ3n) is 2.03. The largest absolute Gasteiger partial charge is 0.462 e. The van der Waals surface area contributed by atoms with Gasteiger partial charge >= 0.3 is 5.97 Å². The molecule has 0 aliphatic carbocycles. The molecule has 0 unspecified atom stereocenters. The molecule has 0 rings (SSSR count). The first-order valence-corrected chi connectivity index (χ1v) is 5.58. The Morgan fingerprint density at radius 3 is 2.59 bits per heavy atom. The highest BCUT2D eigenvalue weighted by Crippen LogP contribution is 2.02. The zero-order valence-corrected chi connectivity index (χ0v) is 9.94. The molecule has 0 radical (unpaired) electrons. The first-order chi connectivity index (χ1) is 8.15. The second-order valence-electron chi connectivity index (χ2n) is 3.49. The van der Waals surface area contributed by atoms with E-state index >= 15 is 0 Å². The molecule has 5 heteroatoms. The molecule has 0 spiro atoms. The number of carbonyl (C=O) groups is 2. The van der Waals surface area contributed by atoms with E-state index in [1.165, 1.54) is 0 Å². The molecular formula is C12H17NO4. The maximum atomic E-state index is 11.3. The van der Waals surface area contributed by atoms with Crippen molar-refractivity contribution in [3.05, 3.63) is 11.6 Å². The minimum atomic E-state index is -0.814. The molecule has 0 amide bonds. The molecule has 0 saturated heterocycles. The number of nitrogens with zero attached hydrogens (tertiary/aromatic N) is 1. The summed E-state index contributed by atoms with van der Waals surface area (Å²) in [5, 5.41) is 17.1. The number of aliphatic hydroxyl groups is 1. The second kappa shape index (κ2) is 9.55. The Bertz CT molecular complexity index is 328. The average molecular weight is 239 g/mol. The Morgan fingerprint density at radius 1 is 1.35 bits per heavy atom. The molecule has 0 heterocycles. The molecule has 5 nitrogen and oxygen atoms in total. The number of esters is 1. The monoisotopic (exact) mass is 239 g/mol. The van der Waals surface area contributed by atoms with Crippen LogP contribution in [0.1, 0.15) is 32.6 Å². The molecule has 1 N–H and O–H groups in total. The van der Waals surface area contributed by atoms with Gasteiger partial charge < -0.3 is 9.84 Å². The van der Waals surface area contributed by atoms with E-state index in [2.05, 4.69) is 6.92 Å². The highest BCUT2D eigenvalue weighted by Gasteiger charge is 2.11. The van der Waals surface area contributed by atoms with Crippen molar-refractivity contribution in [1.29, 1.82) is 5.26 Å². The van der Waals surface area contributed by atoms with Crippen LogP contribution in [0.3, 0.4) is 0 Å². The van der Waals surface area contributed by atoms with Crippen molar-refractivity contribution in [2.24, 2.45) is 0 Å². The van der Waals surface area contributed by atoms with E-state index in [1.807, 2.05) is 0 Å². The summed E-state index contributed by atoms with van der Waals surface area (Å²) in [6, 6.07) is 1.57. The maximum Gasteiger partial charge on any atom is 0.349 e. The Balaban J connectivity index is 4.07. The van der Waals surface area contributed by atoms with E-state index in [9.17, 15) is 9.59 Å². The number of ether oxygens (including phenoxy) is 1. The van der Waals surface area contributed by atoms with Crippen LogP contribution in [-0.2, 0) is 14.3 Å². The molecule has 0 bridgehead atoms. The molecule has 0 atom stereocenters. The molecule has 94 valence electrons. The van der Waals surface area contributed by atoms with E-state index < -0.39 is 18.4 Å². The lowest BCUT2D eigenvalue weighted by Gasteiger charge is -2.02. The van der Waals surface area contributed by atoms with Crippen molar-refractivity contribution in [3.63, 3.8) is 0 Å². The number of nitriles is 1. The molecule has 0 saturated carbocycles. The summed E-state index contributed by atoms with van der Waals surface area (Å²) >= 11 is 0. The van der Waals surface area contributed by atoms with Gasteiger partial charge in [-0.1, -0.05) is 26.2 Å². The smallest absolute Gasteiger partial charge is 0.349 e. The standard InChI is InChI=1S/C12H17NO4/c1-2-3-4-5-6-17-12(16)10(8-13)7-11(15)9-14/h7,14H,2-6,9H2,1H3. The fourth-order valence-electron chi connectivity index (χ4n) is 1.11. The highest BCUT2D eigenvalue weighted by molar-refractivity contribution is 6.02. The third-order valence-corrected chi connectivity index (χ3v) is 2.03. The lowest BCUT2D eigenvalue weighted by Crippen LogP contribution is -2.11. The van der Waals surface area contributed by atoms with Gasteiger partial charge in [0.15, 0.2) is 5.78 Å². The minimum absolute atomic E-state index is 0.241. The van der Waals surface area contributed by atoms with Gasteiger partial charge in [-0.2, -0.15) is 5.26 Å². The zero-order valence-electron chi connectivity index (χ0n) is 9.94. The van der Waals surface area contributed by atoms with Crippen molar-refractivity contribution in [2.75, 3.05) is 13.2 Å². The van der Waals surface area contributed by atoms with Crippen molar-refractivity contribution < 1.29 is 19.4 Å². The summed E-state index contributed by atoms with van der Waals surface area (Å²) < 4.78 is 4.82. The van der Waals surface area contributed by atoms with Crippen LogP contribution in [0, 0.1) is 11.3 Å². The van der Waals surface area contributed by atoms with Crippen molar-refractivity contribution in [2.45, 2.75) is 32.6 Å². The van der Waals surface area contributed by atoms with Gasteiger partial charge in [-0.25, -0.2) is 4.79 Å². The van der Waals surface area contributed by atoms with Gasteiger partial charge in [-0.15, -0.1) is 0 Å². The first kappa shape index (κ1) is 15.3. The van der Waals surface area contributed by atoms with Crippen LogP contribution in [0.5, 0.6) is 0 Å². The Kier molecular flexibility index (Phi) is 8.61.